The third kappa shape index (κ3) is 2.53. The molecular formula is C11H16N2O2. The molecule has 0 saturated carbocycles. The van der Waals surface area contributed by atoms with Gasteiger partial charge in [0.05, 0.1) is 12.7 Å². The summed E-state index contributed by atoms with van der Waals surface area (Å²) in [6.45, 7) is 4.53. The monoisotopic (exact) mass is 208 g/mol. The maximum Gasteiger partial charge on any atom is 0.339 e. The minimum Gasteiger partial charge on any atom is -0.465 e. The summed E-state index contributed by atoms with van der Waals surface area (Å²) in [5.41, 5.74) is 6.78. The van der Waals surface area contributed by atoms with Crippen molar-refractivity contribution in [2.24, 2.45) is 5.73 Å². The lowest BCUT2D eigenvalue weighted by Crippen LogP contribution is -2.29. The minimum atomic E-state index is -0.375. The number of pyridine rings is 1. The molecule has 0 spiro atoms. The van der Waals surface area contributed by atoms with E-state index in [4.69, 9.17) is 5.73 Å². The fourth-order valence-corrected chi connectivity index (χ4v) is 1.14. The second-order valence-electron chi connectivity index (χ2n) is 4.01. The van der Waals surface area contributed by atoms with Crippen LogP contribution in [0.1, 0.15) is 29.9 Å². The third-order valence-corrected chi connectivity index (χ3v) is 2.39. The van der Waals surface area contributed by atoms with Crippen LogP contribution in [0.4, 0.5) is 0 Å². The van der Waals surface area contributed by atoms with E-state index >= 15 is 0 Å². The highest BCUT2D eigenvalue weighted by Gasteiger charge is 2.20. The van der Waals surface area contributed by atoms with E-state index in [0.29, 0.717) is 12.1 Å². The molecule has 1 rings (SSSR count). The summed E-state index contributed by atoms with van der Waals surface area (Å²) >= 11 is 0. The first-order valence-electron chi connectivity index (χ1n) is 4.76. The standard InChI is InChI=1S/C11H16N2O2/c1-11(2,7-12)9-5-4-8(6-13-9)10(14)15-3/h4-6H,7,12H2,1-3H3. The van der Waals surface area contributed by atoms with Crippen LogP contribution < -0.4 is 5.73 Å². The lowest BCUT2D eigenvalue weighted by molar-refractivity contribution is 0.0600. The number of carbonyl (C=O) groups is 1. The van der Waals surface area contributed by atoms with Gasteiger partial charge in [-0.15, -0.1) is 0 Å². The highest BCUT2D eigenvalue weighted by atomic mass is 16.5. The number of ether oxygens (including phenoxy) is 1. The Morgan fingerprint density at radius 2 is 2.20 bits per heavy atom. The molecule has 0 aliphatic heterocycles. The lowest BCUT2D eigenvalue weighted by atomic mass is 9.89. The van der Waals surface area contributed by atoms with E-state index in [1.807, 2.05) is 13.8 Å². The van der Waals surface area contributed by atoms with Gasteiger partial charge in [0, 0.05) is 23.9 Å². The molecule has 0 unspecified atom stereocenters. The van der Waals surface area contributed by atoms with E-state index < -0.39 is 0 Å². The van der Waals surface area contributed by atoms with Gasteiger partial charge in [-0.1, -0.05) is 13.8 Å². The van der Waals surface area contributed by atoms with Crippen LogP contribution in [0.2, 0.25) is 0 Å². The molecule has 2 N–H and O–H groups in total. The van der Waals surface area contributed by atoms with E-state index in [9.17, 15) is 4.79 Å². The molecule has 0 fully saturated rings. The Morgan fingerprint density at radius 3 is 2.60 bits per heavy atom. The van der Waals surface area contributed by atoms with Gasteiger partial charge in [-0.2, -0.15) is 0 Å². The zero-order chi connectivity index (χ0) is 11.5. The molecule has 0 aliphatic carbocycles. The SMILES string of the molecule is COC(=O)c1ccc(C(C)(C)CN)nc1. The fraction of sp³-hybridized carbons (Fsp3) is 0.455. The Hall–Kier alpha value is -1.42. The smallest absolute Gasteiger partial charge is 0.339 e. The van der Waals surface area contributed by atoms with Crippen LogP contribution in [0.3, 0.4) is 0 Å². The van der Waals surface area contributed by atoms with Gasteiger partial charge >= 0.3 is 5.97 Å². The van der Waals surface area contributed by atoms with E-state index in [2.05, 4.69) is 9.72 Å². The molecule has 82 valence electrons. The van der Waals surface area contributed by atoms with Crippen LogP contribution in [-0.2, 0) is 10.2 Å². The van der Waals surface area contributed by atoms with Crippen molar-refractivity contribution >= 4 is 5.97 Å². The maximum absolute atomic E-state index is 11.2. The predicted octanol–water partition coefficient (Wildman–Crippen LogP) is 1.10. The first kappa shape index (κ1) is 11.7. The lowest BCUT2D eigenvalue weighted by Gasteiger charge is -2.21. The summed E-state index contributed by atoms with van der Waals surface area (Å²) in [4.78, 5) is 15.4. The topological polar surface area (TPSA) is 65.2 Å². The predicted molar refractivity (Wildman–Crippen MR) is 57.7 cm³/mol. The average Bonchev–Trinajstić information content (AvgIpc) is 2.28. The van der Waals surface area contributed by atoms with Crippen LogP contribution >= 0.6 is 0 Å². The van der Waals surface area contributed by atoms with Gasteiger partial charge in [-0.25, -0.2) is 4.79 Å². The number of aromatic nitrogens is 1. The third-order valence-electron chi connectivity index (χ3n) is 2.39. The first-order valence-corrected chi connectivity index (χ1v) is 4.76. The first-order chi connectivity index (χ1) is 7.01. The molecule has 0 amide bonds. The number of hydrogen-bond acceptors (Lipinski definition) is 4. The summed E-state index contributed by atoms with van der Waals surface area (Å²) in [5.74, 6) is -0.375. The summed E-state index contributed by atoms with van der Waals surface area (Å²) in [6, 6.07) is 3.50. The van der Waals surface area contributed by atoms with Gasteiger partial charge in [0.1, 0.15) is 0 Å². The van der Waals surface area contributed by atoms with Crippen LogP contribution in [-0.4, -0.2) is 24.6 Å². The van der Waals surface area contributed by atoms with Crippen LogP contribution in [0.15, 0.2) is 18.3 Å². The highest BCUT2D eigenvalue weighted by Crippen LogP contribution is 2.19. The van der Waals surface area contributed by atoms with Crippen LogP contribution in [0.5, 0.6) is 0 Å². The minimum absolute atomic E-state index is 0.172. The molecule has 0 aliphatic rings. The second-order valence-corrected chi connectivity index (χ2v) is 4.01. The number of nitrogens with two attached hydrogens (primary N) is 1. The van der Waals surface area contributed by atoms with E-state index in [1.165, 1.54) is 13.3 Å². The normalized spacial score (nSPS) is 11.2. The van der Waals surface area contributed by atoms with Gasteiger partial charge in [-0.05, 0) is 12.1 Å². The number of hydrogen-bond donors (Lipinski definition) is 1. The number of methoxy groups -OCH3 is 1. The summed E-state index contributed by atoms with van der Waals surface area (Å²) < 4.78 is 4.58. The van der Waals surface area contributed by atoms with Crippen LogP contribution in [0, 0.1) is 0 Å². The molecule has 1 aromatic heterocycles. The van der Waals surface area contributed by atoms with Gasteiger partial charge in [-0.3, -0.25) is 4.98 Å². The zero-order valence-electron chi connectivity index (χ0n) is 9.28. The second kappa shape index (κ2) is 4.40. The van der Waals surface area contributed by atoms with Crippen molar-refractivity contribution in [3.63, 3.8) is 0 Å². The molecule has 4 nitrogen and oxygen atoms in total. The van der Waals surface area contributed by atoms with E-state index in [-0.39, 0.29) is 11.4 Å². The van der Waals surface area contributed by atoms with Crippen molar-refractivity contribution in [3.8, 4) is 0 Å². The van der Waals surface area contributed by atoms with Crippen molar-refractivity contribution in [2.45, 2.75) is 19.3 Å². The molecule has 1 aromatic rings. The van der Waals surface area contributed by atoms with Crippen LogP contribution in [0.25, 0.3) is 0 Å². The fourth-order valence-electron chi connectivity index (χ4n) is 1.14. The molecule has 0 atom stereocenters. The largest absolute Gasteiger partial charge is 0.465 e. The average molecular weight is 208 g/mol. The van der Waals surface area contributed by atoms with Gasteiger partial charge in [0.25, 0.3) is 0 Å². The van der Waals surface area contributed by atoms with Crippen molar-refractivity contribution in [1.82, 2.24) is 4.98 Å². The molecule has 1 heterocycles. The van der Waals surface area contributed by atoms with Crippen molar-refractivity contribution in [1.29, 1.82) is 0 Å². The molecule has 0 saturated heterocycles. The molecule has 0 radical (unpaired) electrons. The van der Waals surface area contributed by atoms with E-state index in [0.717, 1.165) is 5.69 Å². The van der Waals surface area contributed by atoms with Crippen molar-refractivity contribution < 1.29 is 9.53 Å². The molecule has 0 bridgehead atoms. The van der Waals surface area contributed by atoms with Gasteiger partial charge in [0.15, 0.2) is 0 Å². The van der Waals surface area contributed by atoms with Crippen molar-refractivity contribution in [2.75, 3.05) is 13.7 Å². The zero-order valence-corrected chi connectivity index (χ0v) is 9.28. The van der Waals surface area contributed by atoms with Gasteiger partial charge in [0.2, 0.25) is 0 Å². The Balaban J connectivity index is 2.95. The van der Waals surface area contributed by atoms with Gasteiger partial charge < -0.3 is 10.5 Å². The molecule has 4 heteroatoms. The Bertz CT molecular complexity index is 344. The highest BCUT2D eigenvalue weighted by molar-refractivity contribution is 5.88. The quantitative estimate of drug-likeness (QED) is 0.755. The van der Waals surface area contributed by atoms with Crippen molar-refractivity contribution in [3.05, 3.63) is 29.6 Å². The number of carbonyl (C=O) groups excluding carboxylic acids is 1. The Labute approximate surface area is 89.5 Å². The number of nitrogens with zero attached hydrogens (tertiary/aromatic N) is 1. The Kier molecular flexibility index (Phi) is 3.42. The number of rotatable bonds is 3. The van der Waals surface area contributed by atoms with E-state index in [1.54, 1.807) is 12.1 Å². The molecule has 15 heavy (non-hydrogen) atoms. The summed E-state index contributed by atoms with van der Waals surface area (Å²) in [7, 11) is 1.35. The Morgan fingerprint density at radius 1 is 1.53 bits per heavy atom. The summed E-state index contributed by atoms with van der Waals surface area (Å²) in [5, 5.41) is 0. The maximum atomic E-state index is 11.2. The summed E-state index contributed by atoms with van der Waals surface area (Å²) in [6.07, 6.45) is 1.51. The number of esters is 1. The molecule has 0 aromatic carbocycles. The molecular weight excluding hydrogens is 192 g/mol.